The quantitative estimate of drug-likeness (QED) is 0.0199. The van der Waals surface area contributed by atoms with Gasteiger partial charge in [0.15, 0.2) is 6.10 Å². The van der Waals surface area contributed by atoms with E-state index < -0.39 is 6.10 Å². The first kappa shape index (κ1) is 61.9. The predicted octanol–water partition coefficient (Wildman–Crippen LogP) is 18.2. The van der Waals surface area contributed by atoms with Gasteiger partial charge in [0.1, 0.15) is 13.2 Å². The van der Waals surface area contributed by atoms with Crippen molar-refractivity contribution < 1.29 is 28.6 Å². The number of hydrogen-bond donors (Lipinski definition) is 0. The number of allylic oxidation sites excluding steroid dienone is 12. The summed E-state index contributed by atoms with van der Waals surface area (Å²) in [4.78, 5) is 38.0. The summed E-state index contributed by atoms with van der Waals surface area (Å²) in [5.41, 5.74) is 0. The molecule has 0 aromatic rings. The van der Waals surface area contributed by atoms with Crippen molar-refractivity contribution in [3.63, 3.8) is 0 Å². The number of carbonyl (C=O) groups excluding carboxylic acids is 3. The van der Waals surface area contributed by atoms with E-state index in [0.29, 0.717) is 19.3 Å². The van der Waals surface area contributed by atoms with Gasteiger partial charge in [-0.2, -0.15) is 0 Å². The molecule has 65 heavy (non-hydrogen) atoms. The van der Waals surface area contributed by atoms with Crippen LogP contribution in [-0.4, -0.2) is 37.2 Å². The van der Waals surface area contributed by atoms with Crippen LogP contribution in [0.1, 0.15) is 265 Å². The van der Waals surface area contributed by atoms with Crippen LogP contribution in [-0.2, 0) is 28.6 Å². The van der Waals surface area contributed by atoms with Crippen LogP contribution in [0.5, 0.6) is 0 Å². The van der Waals surface area contributed by atoms with E-state index in [2.05, 4.69) is 39.0 Å². The maximum atomic E-state index is 12.8. The van der Waals surface area contributed by atoms with Crippen molar-refractivity contribution in [2.24, 2.45) is 0 Å². The van der Waals surface area contributed by atoms with Gasteiger partial charge in [0.25, 0.3) is 0 Å². The van der Waals surface area contributed by atoms with Crippen molar-refractivity contribution in [2.45, 2.75) is 271 Å². The minimum absolute atomic E-state index is 0.0982. The molecular formula is C59H102O6. The summed E-state index contributed by atoms with van der Waals surface area (Å²) >= 11 is 0. The first-order valence-corrected chi connectivity index (χ1v) is 27.5. The lowest BCUT2D eigenvalue weighted by molar-refractivity contribution is -0.167. The van der Waals surface area contributed by atoms with Gasteiger partial charge in [0.2, 0.25) is 0 Å². The van der Waals surface area contributed by atoms with Gasteiger partial charge in [-0.05, 0) is 57.8 Å². The van der Waals surface area contributed by atoms with E-state index >= 15 is 0 Å². The Morgan fingerprint density at radius 2 is 0.631 bits per heavy atom. The third kappa shape index (κ3) is 51.7. The third-order valence-corrected chi connectivity index (χ3v) is 11.8. The van der Waals surface area contributed by atoms with Gasteiger partial charge < -0.3 is 14.2 Å². The minimum Gasteiger partial charge on any atom is -0.462 e. The zero-order valence-corrected chi connectivity index (χ0v) is 42.7. The van der Waals surface area contributed by atoms with E-state index in [0.717, 1.165) is 51.4 Å². The zero-order chi connectivity index (χ0) is 47.2. The fourth-order valence-corrected chi connectivity index (χ4v) is 7.70. The number of hydrogen-bond acceptors (Lipinski definition) is 6. The van der Waals surface area contributed by atoms with E-state index in [-0.39, 0.29) is 37.5 Å². The summed E-state index contributed by atoms with van der Waals surface area (Å²) in [6.07, 6.45) is 67.6. The van der Waals surface area contributed by atoms with Gasteiger partial charge in [-0.1, -0.05) is 261 Å². The minimum atomic E-state index is -0.804. The van der Waals surface area contributed by atoms with E-state index in [1.54, 1.807) is 0 Å². The molecule has 0 amide bonds. The molecule has 0 aliphatic heterocycles. The number of esters is 3. The molecule has 6 nitrogen and oxygen atoms in total. The molecule has 6 heteroatoms. The average Bonchev–Trinajstić information content (AvgIpc) is 3.30. The van der Waals surface area contributed by atoms with Crippen molar-refractivity contribution in [2.75, 3.05) is 13.2 Å². The lowest BCUT2D eigenvalue weighted by Crippen LogP contribution is -2.30. The molecule has 0 aliphatic rings. The maximum absolute atomic E-state index is 12.8. The Morgan fingerprint density at radius 3 is 1.03 bits per heavy atom. The molecule has 0 aromatic carbocycles. The van der Waals surface area contributed by atoms with Crippen molar-refractivity contribution in [1.29, 1.82) is 0 Å². The molecule has 374 valence electrons. The lowest BCUT2D eigenvalue weighted by Gasteiger charge is -2.18. The molecular weight excluding hydrogens is 805 g/mol. The predicted molar refractivity (Wildman–Crippen MR) is 279 cm³/mol. The van der Waals surface area contributed by atoms with E-state index in [1.807, 2.05) is 54.7 Å². The molecule has 0 spiro atoms. The van der Waals surface area contributed by atoms with E-state index in [1.165, 1.54) is 167 Å². The zero-order valence-electron chi connectivity index (χ0n) is 42.7. The summed E-state index contributed by atoms with van der Waals surface area (Å²) in [6.45, 7) is 6.44. The van der Waals surface area contributed by atoms with Crippen LogP contribution >= 0.6 is 0 Å². The summed E-state index contributed by atoms with van der Waals surface area (Å²) in [6, 6.07) is 0. The van der Waals surface area contributed by atoms with Gasteiger partial charge in [-0.25, -0.2) is 0 Å². The van der Waals surface area contributed by atoms with Crippen LogP contribution in [0, 0.1) is 0 Å². The number of carbonyl (C=O) groups is 3. The Kier molecular flexibility index (Phi) is 50.9. The molecule has 1 atom stereocenters. The van der Waals surface area contributed by atoms with Gasteiger partial charge in [-0.15, -0.1) is 0 Å². The van der Waals surface area contributed by atoms with Gasteiger partial charge in [0.05, 0.1) is 0 Å². The molecule has 0 saturated heterocycles. The monoisotopic (exact) mass is 907 g/mol. The second-order valence-corrected chi connectivity index (χ2v) is 18.2. The SMILES string of the molecule is CC\C=C/C=C\C=C/C=C\C=C/CCCC(=O)OCC(COC(=O)CCCCCCCCC/C=C\CCCCCCCC)OC(=O)CCCCCCCCCCCCCCCCCCC. The molecule has 0 bridgehead atoms. The van der Waals surface area contributed by atoms with E-state index in [9.17, 15) is 14.4 Å². The molecule has 0 aliphatic carbocycles. The molecule has 0 rings (SSSR count). The molecule has 0 aromatic heterocycles. The standard InChI is InChI=1S/C59H102O6/c1-4-7-10-13-16-19-22-25-27-29-31-34-37-40-43-46-49-52-58(61)64-55-56(54-63-57(60)51-48-45-42-39-36-33-24-21-18-15-12-9-6-3)65-59(62)53-50-47-44-41-38-35-32-30-28-26-23-20-17-14-11-8-5-2/h9,12,15,18,21,24-25,27,33,36,39,42,56H,4-8,10-11,13-14,16-17,19-20,22-23,26,28-32,34-35,37-38,40-41,43-55H2,1-3H3/b12-9-,18-15-,24-21-,27-25-,36-33-,42-39-. The molecule has 0 fully saturated rings. The molecule has 0 radical (unpaired) electrons. The average molecular weight is 907 g/mol. The van der Waals surface area contributed by atoms with Crippen LogP contribution in [0.15, 0.2) is 72.9 Å². The van der Waals surface area contributed by atoms with Crippen molar-refractivity contribution in [3.8, 4) is 0 Å². The molecule has 0 heterocycles. The highest BCUT2D eigenvalue weighted by molar-refractivity contribution is 5.71. The van der Waals surface area contributed by atoms with Gasteiger partial charge in [-0.3, -0.25) is 14.4 Å². The fourth-order valence-electron chi connectivity index (χ4n) is 7.70. The van der Waals surface area contributed by atoms with Crippen LogP contribution in [0.25, 0.3) is 0 Å². The van der Waals surface area contributed by atoms with Crippen LogP contribution in [0.4, 0.5) is 0 Å². The molecule has 1 unspecified atom stereocenters. The maximum Gasteiger partial charge on any atom is 0.306 e. The van der Waals surface area contributed by atoms with Crippen LogP contribution in [0.2, 0.25) is 0 Å². The Labute approximate surface area is 402 Å². The highest BCUT2D eigenvalue weighted by Gasteiger charge is 2.19. The summed E-state index contributed by atoms with van der Waals surface area (Å²) < 4.78 is 16.8. The Morgan fingerprint density at radius 1 is 0.323 bits per heavy atom. The normalized spacial score (nSPS) is 12.6. The Hall–Kier alpha value is -3.15. The highest BCUT2D eigenvalue weighted by Crippen LogP contribution is 2.16. The fraction of sp³-hybridized carbons (Fsp3) is 0.746. The largest absolute Gasteiger partial charge is 0.462 e. The highest BCUT2D eigenvalue weighted by atomic mass is 16.6. The Balaban J connectivity index is 4.43. The summed E-state index contributed by atoms with van der Waals surface area (Å²) in [5.74, 6) is -0.971. The number of ether oxygens (including phenoxy) is 3. The third-order valence-electron chi connectivity index (χ3n) is 11.8. The Bertz CT molecular complexity index is 1230. The summed E-state index contributed by atoms with van der Waals surface area (Å²) in [5, 5.41) is 0. The summed E-state index contributed by atoms with van der Waals surface area (Å²) in [7, 11) is 0. The second kappa shape index (κ2) is 53.5. The molecule has 0 saturated carbocycles. The van der Waals surface area contributed by atoms with Crippen molar-refractivity contribution in [3.05, 3.63) is 72.9 Å². The smallest absolute Gasteiger partial charge is 0.306 e. The molecule has 0 N–H and O–H groups in total. The first-order chi connectivity index (χ1) is 32.0. The van der Waals surface area contributed by atoms with Crippen LogP contribution in [0.3, 0.4) is 0 Å². The van der Waals surface area contributed by atoms with Crippen LogP contribution < -0.4 is 0 Å². The second-order valence-electron chi connectivity index (χ2n) is 18.2. The lowest BCUT2D eigenvalue weighted by atomic mass is 10.0. The van der Waals surface area contributed by atoms with Crippen molar-refractivity contribution in [1.82, 2.24) is 0 Å². The topological polar surface area (TPSA) is 78.9 Å². The van der Waals surface area contributed by atoms with Crippen molar-refractivity contribution >= 4 is 17.9 Å². The van der Waals surface area contributed by atoms with Gasteiger partial charge >= 0.3 is 17.9 Å². The number of rotatable bonds is 49. The van der Waals surface area contributed by atoms with E-state index in [4.69, 9.17) is 14.2 Å². The number of unbranched alkanes of at least 4 members (excludes halogenated alkanes) is 30. The first-order valence-electron chi connectivity index (χ1n) is 27.5. The van der Waals surface area contributed by atoms with Gasteiger partial charge in [0, 0.05) is 19.3 Å².